The maximum atomic E-state index is 12.2. The molecule has 0 saturated carbocycles. The molecule has 11 heteroatoms. The van der Waals surface area contributed by atoms with Crippen molar-refractivity contribution in [3.8, 4) is 0 Å². The number of halogens is 3. The van der Waals surface area contributed by atoms with Crippen LogP contribution in [0.15, 0.2) is 12.2 Å². The lowest BCUT2D eigenvalue weighted by Crippen LogP contribution is -2.55. The Labute approximate surface area is 154 Å². The second-order valence-corrected chi connectivity index (χ2v) is 7.24. The van der Waals surface area contributed by atoms with Crippen LogP contribution in [-0.2, 0) is 9.47 Å². The van der Waals surface area contributed by atoms with E-state index in [0.717, 1.165) is 9.91 Å². The van der Waals surface area contributed by atoms with Gasteiger partial charge in [-0.3, -0.25) is 0 Å². The highest BCUT2D eigenvalue weighted by atomic mass is 35.6. The summed E-state index contributed by atoms with van der Waals surface area (Å²) in [7, 11) is 0. The standard InChI is InChI=1S/C13H18Cl3N3O5/c1-3-5-9(4-2)19(12(22)24-8-13(14,15)16)17-10(20)18-6-7-23-11(18)21/h3,5,9H,4,6-8H2,1-2H3,(H,17,20)/b5-3-. The van der Waals surface area contributed by atoms with E-state index in [1.54, 1.807) is 26.0 Å². The molecule has 1 N–H and O–H groups in total. The molecule has 1 aliphatic rings. The lowest BCUT2D eigenvalue weighted by Gasteiger charge is -2.30. The fraction of sp³-hybridized carbons (Fsp3) is 0.615. The number of ether oxygens (including phenoxy) is 2. The van der Waals surface area contributed by atoms with E-state index in [4.69, 9.17) is 39.5 Å². The van der Waals surface area contributed by atoms with Crippen molar-refractivity contribution in [2.75, 3.05) is 19.8 Å². The average Bonchev–Trinajstić information content (AvgIpc) is 2.93. The molecule has 1 unspecified atom stereocenters. The molecular formula is C13H18Cl3N3O5. The summed E-state index contributed by atoms with van der Waals surface area (Å²) in [6, 6.07) is -1.33. The van der Waals surface area contributed by atoms with Crippen LogP contribution in [0.3, 0.4) is 0 Å². The Morgan fingerprint density at radius 3 is 2.62 bits per heavy atom. The Hall–Kier alpha value is -1.38. The number of carbonyl (C=O) groups excluding carboxylic acids is 3. The van der Waals surface area contributed by atoms with Crippen molar-refractivity contribution < 1.29 is 23.9 Å². The zero-order chi connectivity index (χ0) is 18.3. The number of hydrazine groups is 1. The smallest absolute Gasteiger partial charge is 0.429 e. The van der Waals surface area contributed by atoms with Gasteiger partial charge in [0.2, 0.25) is 3.79 Å². The summed E-state index contributed by atoms with van der Waals surface area (Å²) >= 11 is 16.6. The van der Waals surface area contributed by atoms with Gasteiger partial charge in [0.1, 0.15) is 13.2 Å². The monoisotopic (exact) mass is 401 g/mol. The van der Waals surface area contributed by atoms with Crippen LogP contribution in [0.1, 0.15) is 20.3 Å². The number of nitrogens with one attached hydrogen (secondary N) is 1. The number of allylic oxidation sites excluding steroid dienone is 1. The largest absolute Gasteiger partial charge is 0.447 e. The van der Waals surface area contributed by atoms with Crippen LogP contribution in [0.2, 0.25) is 0 Å². The molecular weight excluding hydrogens is 385 g/mol. The number of hydrogen-bond acceptors (Lipinski definition) is 5. The minimum atomic E-state index is -1.79. The molecule has 0 aromatic carbocycles. The fourth-order valence-corrected chi connectivity index (χ4v) is 2.01. The van der Waals surface area contributed by atoms with Crippen molar-refractivity contribution in [3.63, 3.8) is 0 Å². The summed E-state index contributed by atoms with van der Waals surface area (Å²) in [4.78, 5) is 36.7. The molecule has 0 bridgehead atoms. The molecule has 1 aliphatic heterocycles. The molecule has 0 spiro atoms. The van der Waals surface area contributed by atoms with Crippen molar-refractivity contribution in [2.45, 2.75) is 30.1 Å². The van der Waals surface area contributed by atoms with E-state index >= 15 is 0 Å². The van der Waals surface area contributed by atoms with Crippen LogP contribution in [-0.4, -0.2) is 57.7 Å². The van der Waals surface area contributed by atoms with Crippen LogP contribution in [0, 0.1) is 0 Å². The molecule has 0 aromatic rings. The summed E-state index contributed by atoms with van der Waals surface area (Å²) in [6.07, 6.45) is 2.14. The number of carbonyl (C=O) groups is 3. The van der Waals surface area contributed by atoms with Gasteiger partial charge in [0.15, 0.2) is 0 Å². The minimum Gasteiger partial charge on any atom is -0.447 e. The Bertz CT molecular complexity index is 510. The van der Waals surface area contributed by atoms with Crippen LogP contribution in [0.4, 0.5) is 14.4 Å². The fourth-order valence-electron chi connectivity index (χ4n) is 1.85. The number of hydrogen-bond donors (Lipinski definition) is 1. The first-order valence-corrected chi connectivity index (χ1v) is 8.23. The zero-order valence-corrected chi connectivity index (χ0v) is 15.4. The number of cyclic esters (lactones) is 1. The number of rotatable bonds is 4. The van der Waals surface area contributed by atoms with Gasteiger partial charge in [-0.15, -0.1) is 0 Å². The third-order valence-electron chi connectivity index (χ3n) is 2.94. The van der Waals surface area contributed by atoms with Gasteiger partial charge in [0.25, 0.3) is 0 Å². The van der Waals surface area contributed by atoms with Crippen LogP contribution in [0.25, 0.3) is 0 Å². The van der Waals surface area contributed by atoms with Crippen LogP contribution < -0.4 is 5.43 Å². The molecule has 4 amide bonds. The van der Waals surface area contributed by atoms with Crippen LogP contribution >= 0.6 is 34.8 Å². The van der Waals surface area contributed by atoms with E-state index < -0.39 is 34.7 Å². The molecule has 0 radical (unpaired) electrons. The quantitative estimate of drug-likeness (QED) is 0.443. The lowest BCUT2D eigenvalue weighted by atomic mass is 10.2. The zero-order valence-electron chi connectivity index (χ0n) is 13.1. The number of amides is 4. The Balaban J connectivity index is 2.85. The SMILES string of the molecule is C/C=C\C(CC)N(NC(=O)N1CCOC1=O)C(=O)OCC(Cl)(Cl)Cl. The minimum absolute atomic E-state index is 0.0854. The maximum absolute atomic E-state index is 12.2. The topological polar surface area (TPSA) is 88.2 Å². The predicted molar refractivity (Wildman–Crippen MR) is 89.0 cm³/mol. The summed E-state index contributed by atoms with van der Waals surface area (Å²) in [6.45, 7) is 3.24. The summed E-state index contributed by atoms with van der Waals surface area (Å²) in [5.74, 6) is 0. The highest BCUT2D eigenvalue weighted by Crippen LogP contribution is 2.26. The van der Waals surface area contributed by atoms with Crippen molar-refractivity contribution in [1.82, 2.24) is 15.3 Å². The average molecular weight is 403 g/mol. The normalized spacial score (nSPS) is 16.0. The molecule has 1 heterocycles. The van der Waals surface area contributed by atoms with Gasteiger partial charge in [-0.25, -0.2) is 29.7 Å². The summed E-state index contributed by atoms with van der Waals surface area (Å²) in [5, 5.41) is 0.935. The Morgan fingerprint density at radius 1 is 1.50 bits per heavy atom. The van der Waals surface area contributed by atoms with Gasteiger partial charge in [-0.05, 0) is 13.3 Å². The third kappa shape index (κ3) is 6.26. The van der Waals surface area contributed by atoms with E-state index in [2.05, 4.69) is 10.2 Å². The Kier molecular flexibility index (Phi) is 7.92. The first kappa shape index (κ1) is 20.7. The number of imide groups is 1. The first-order valence-electron chi connectivity index (χ1n) is 7.10. The van der Waals surface area contributed by atoms with E-state index in [1.165, 1.54) is 0 Å². The molecule has 1 fully saturated rings. The van der Waals surface area contributed by atoms with Gasteiger partial charge in [-0.1, -0.05) is 53.9 Å². The number of alkyl halides is 3. The molecule has 1 saturated heterocycles. The van der Waals surface area contributed by atoms with Crippen molar-refractivity contribution >= 4 is 53.0 Å². The molecule has 1 atom stereocenters. The molecule has 1 rings (SSSR count). The van der Waals surface area contributed by atoms with Gasteiger partial charge in [0.05, 0.1) is 12.6 Å². The second-order valence-electron chi connectivity index (χ2n) is 4.72. The van der Waals surface area contributed by atoms with Crippen molar-refractivity contribution in [3.05, 3.63) is 12.2 Å². The van der Waals surface area contributed by atoms with Gasteiger partial charge in [0, 0.05) is 0 Å². The summed E-state index contributed by atoms with van der Waals surface area (Å²) in [5.41, 5.74) is 2.33. The summed E-state index contributed by atoms with van der Waals surface area (Å²) < 4.78 is 7.79. The number of urea groups is 1. The van der Waals surface area contributed by atoms with Gasteiger partial charge >= 0.3 is 18.2 Å². The van der Waals surface area contributed by atoms with E-state index in [0.29, 0.717) is 6.42 Å². The van der Waals surface area contributed by atoms with Gasteiger partial charge in [-0.2, -0.15) is 0 Å². The van der Waals surface area contributed by atoms with E-state index in [9.17, 15) is 14.4 Å². The predicted octanol–water partition coefficient (Wildman–Crippen LogP) is 3.23. The highest BCUT2D eigenvalue weighted by molar-refractivity contribution is 6.67. The molecule has 24 heavy (non-hydrogen) atoms. The highest BCUT2D eigenvalue weighted by Gasteiger charge is 2.33. The molecule has 8 nitrogen and oxygen atoms in total. The molecule has 0 aromatic heterocycles. The second kappa shape index (κ2) is 9.19. The molecule has 136 valence electrons. The lowest BCUT2D eigenvalue weighted by molar-refractivity contribution is 0.0720. The van der Waals surface area contributed by atoms with Crippen molar-refractivity contribution in [2.24, 2.45) is 0 Å². The van der Waals surface area contributed by atoms with E-state index in [1.807, 2.05) is 0 Å². The Morgan fingerprint density at radius 2 is 2.17 bits per heavy atom. The third-order valence-corrected chi connectivity index (χ3v) is 3.27. The first-order chi connectivity index (χ1) is 11.2. The van der Waals surface area contributed by atoms with Gasteiger partial charge < -0.3 is 9.47 Å². The van der Waals surface area contributed by atoms with Crippen molar-refractivity contribution in [1.29, 1.82) is 0 Å². The molecule has 0 aliphatic carbocycles. The van der Waals surface area contributed by atoms with Crippen LogP contribution in [0.5, 0.6) is 0 Å². The number of nitrogens with zero attached hydrogens (tertiary/aromatic N) is 2. The maximum Gasteiger partial charge on any atom is 0.429 e. The van der Waals surface area contributed by atoms with E-state index in [-0.39, 0.29) is 13.2 Å².